The third-order valence-corrected chi connectivity index (χ3v) is 6.17. The molecule has 1 atom stereocenters. The van der Waals surface area contributed by atoms with Crippen LogP contribution in [0.15, 0.2) is 59.4 Å². The van der Waals surface area contributed by atoms with Gasteiger partial charge in [0.1, 0.15) is 0 Å². The molecule has 0 saturated heterocycles. The second-order valence-corrected chi connectivity index (χ2v) is 9.08. The van der Waals surface area contributed by atoms with E-state index in [0.717, 1.165) is 27.9 Å². The van der Waals surface area contributed by atoms with Crippen molar-refractivity contribution in [3.05, 3.63) is 87.5 Å². The first-order valence-corrected chi connectivity index (χ1v) is 11.7. The molecule has 0 aliphatic heterocycles. The van der Waals surface area contributed by atoms with Crippen molar-refractivity contribution in [2.75, 3.05) is 13.2 Å². The molecule has 0 spiro atoms. The number of aromatic nitrogens is 5. The van der Waals surface area contributed by atoms with Crippen LogP contribution in [0.4, 0.5) is 0 Å². The zero-order valence-electron chi connectivity index (χ0n) is 20.0. The fourth-order valence-corrected chi connectivity index (χ4v) is 4.53. The van der Waals surface area contributed by atoms with Crippen LogP contribution in [-0.4, -0.2) is 48.3 Å². The first-order chi connectivity index (χ1) is 16.5. The van der Waals surface area contributed by atoms with Gasteiger partial charge in [-0.25, -0.2) is 4.68 Å². The quantitative estimate of drug-likeness (QED) is 0.376. The molecule has 178 valence electrons. The Morgan fingerprint density at radius 1 is 1.12 bits per heavy atom. The minimum Gasteiger partial charge on any atom is -0.396 e. The van der Waals surface area contributed by atoms with Crippen molar-refractivity contribution in [1.29, 1.82) is 0 Å². The van der Waals surface area contributed by atoms with E-state index in [0.29, 0.717) is 31.6 Å². The predicted molar refractivity (Wildman–Crippen MR) is 132 cm³/mol. The summed E-state index contributed by atoms with van der Waals surface area (Å²) >= 11 is 0. The SMILES string of the molecule is Cc1cccc2cc(CN(CCCO)[C@H](c3nnnn3Cc3ccccc3)C(C)C)c(=O)[nH]c12. The number of rotatable bonds is 10. The van der Waals surface area contributed by atoms with Crippen molar-refractivity contribution >= 4 is 10.9 Å². The summed E-state index contributed by atoms with van der Waals surface area (Å²) in [6.07, 6.45) is 0.591. The van der Waals surface area contributed by atoms with Crippen LogP contribution in [0.25, 0.3) is 10.9 Å². The summed E-state index contributed by atoms with van der Waals surface area (Å²) in [6.45, 7) is 7.94. The van der Waals surface area contributed by atoms with Gasteiger partial charge < -0.3 is 10.1 Å². The van der Waals surface area contributed by atoms with Crippen LogP contribution in [-0.2, 0) is 13.1 Å². The van der Waals surface area contributed by atoms with Crippen LogP contribution >= 0.6 is 0 Å². The number of aryl methyl sites for hydroxylation is 1. The third kappa shape index (κ3) is 5.24. The maximum atomic E-state index is 13.0. The normalized spacial score (nSPS) is 12.6. The number of hydrogen-bond donors (Lipinski definition) is 2. The molecule has 8 heteroatoms. The standard InChI is InChI=1S/C26H32N6O2/c1-18(2)24(25-28-29-30-32(25)16-20-10-5-4-6-11-20)31(13-8-14-33)17-22-15-21-12-7-9-19(3)23(21)27-26(22)34/h4-7,9-12,15,18,24,33H,8,13-14,16-17H2,1-3H3,(H,27,34)/t24-/m0/s1. The maximum absolute atomic E-state index is 13.0. The Hall–Kier alpha value is -3.36. The van der Waals surface area contributed by atoms with Crippen molar-refractivity contribution < 1.29 is 5.11 Å². The van der Waals surface area contributed by atoms with Gasteiger partial charge >= 0.3 is 0 Å². The fraction of sp³-hybridized carbons (Fsp3) is 0.385. The van der Waals surface area contributed by atoms with E-state index in [1.807, 2.05) is 54.1 Å². The van der Waals surface area contributed by atoms with E-state index in [1.54, 1.807) is 0 Å². The van der Waals surface area contributed by atoms with Crippen molar-refractivity contribution in [2.24, 2.45) is 5.92 Å². The Balaban J connectivity index is 1.70. The van der Waals surface area contributed by atoms with Gasteiger partial charge in [0.15, 0.2) is 5.82 Å². The first kappa shape index (κ1) is 23.8. The topological polar surface area (TPSA) is 99.9 Å². The third-order valence-electron chi connectivity index (χ3n) is 6.17. The lowest BCUT2D eigenvalue weighted by molar-refractivity contribution is 0.122. The molecular weight excluding hydrogens is 428 g/mol. The van der Waals surface area contributed by atoms with E-state index < -0.39 is 0 Å². The first-order valence-electron chi connectivity index (χ1n) is 11.7. The van der Waals surface area contributed by atoms with E-state index in [-0.39, 0.29) is 24.1 Å². The Kier molecular flexibility index (Phi) is 7.49. The Morgan fingerprint density at radius 2 is 1.91 bits per heavy atom. The van der Waals surface area contributed by atoms with Gasteiger partial charge in [0.05, 0.1) is 18.1 Å². The molecule has 0 saturated carbocycles. The minimum absolute atomic E-state index is 0.0730. The highest BCUT2D eigenvalue weighted by atomic mass is 16.3. The van der Waals surface area contributed by atoms with Crippen molar-refractivity contribution in [3.8, 4) is 0 Å². The van der Waals surface area contributed by atoms with E-state index in [9.17, 15) is 9.90 Å². The van der Waals surface area contributed by atoms with Gasteiger partial charge in [-0.15, -0.1) is 5.10 Å². The van der Waals surface area contributed by atoms with Crippen LogP contribution < -0.4 is 5.56 Å². The van der Waals surface area contributed by atoms with Crippen LogP contribution in [0.5, 0.6) is 0 Å². The predicted octanol–water partition coefficient (Wildman–Crippen LogP) is 3.45. The molecule has 34 heavy (non-hydrogen) atoms. The highest BCUT2D eigenvalue weighted by Gasteiger charge is 2.29. The number of fused-ring (bicyclic) bond motifs is 1. The molecule has 0 aliphatic rings. The highest BCUT2D eigenvalue weighted by Crippen LogP contribution is 2.29. The second kappa shape index (κ2) is 10.7. The summed E-state index contributed by atoms with van der Waals surface area (Å²) in [5.41, 5.74) is 3.61. The maximum Gasteiger partial charge on any atom is 0.252 e. The molecule has 2 heterocycles. The average molecular weight is 461 g/mol. The molecule has 0 amide bonds. The average Bonchev–Trinajstić information content (AvgIpc) is 3.26. The number of pyridine rings is 1. The number of aliphatic hydroxyl groups excluding tert-OH is 1. The number of tetrazole rings is 1. The van der Waals surface area contributed by atoms with E-state index in [1.165, 1.54) is 0 Å². The molecule has 2 aromatic carbocycles. The van der Waals surface area contributed by atoms with Crippen molar-refractivity contribution in [2.45, 2.75) is 46.3 Å². The number of H-pyrrole nitrogens is 1. The lowest BCUT2D eigenvalue weighted by Crippen LogP contribution is -2.36. The molecule has 8 nitrogen and oxygen atoms in total. The van der Waals surface area contributed by atoms with Crippen LogP contribution in [0.2, 0.25) is 0 Å². The van der Waals surface area contributed by atoms with Gasteiger partial charge in [-0.2, -0.15) is 0 Å². The highest BCUT2D eigenvalue weighted by molar-refractivity contribution is 5.81. The van der Waals surface area contributed by atoms with E-state index >= 15 is 0 Å². The summed E-state index contributed by atoms with van der Waals surface area (Å²) in [7, 11) is 0. The largest absolute Gasteiger partial charge is 0.396 e. The fourth-order valence-electron chi connectivity index (χ4n) is 4.53. The number of aliphatic hydroxyl groups is 1. The Morgan fingerprint density at radius 3 is 2.65 bits per heavy atom. The second-order valence-electron chi connectivity index (χ2n) is 9.08. The zero-order valence-corrected chi connectivity index (χ0v) is 20.0. The molecule has 0 aliphatic carbocycles. The number of hydrogen-bond acceptors (Lipinski definition) is 6. The monoisotopic (exact) mass is 460 g/mol. The summed E-state index contributed by atoms with van der Waals surface area (Å²) in [4.78, 5) is 18.3. The number of nitrogens with zero attached hydrogens (tertiary/aromatic N) is 5. The van der Waals surface area contributed by atoms with E-state index in [4.69, 9.17) is 0 Å². The minimum atomic E-state index is -0.127. The summed E-state index contributed by atoms with van der Waals surface area (Å²) in [6, 6.07) is 17.9. The van der Waals surface area contributed by atoms with Gasteiger partial charge in [-0.1, -0.05) is 62.4 Å². The van der Waals surface area contributed by atoms with E-state index in [2.05, 4.69) is 51.4 Å². The lowest BCUT2D eigenvalue weighted by Gasteiger charge is -2.33. The number of para-hydroxylation sites is 1. The van der Waals surface area contributed by atoms with Gasteiger partial charge in [0, 0.05) is 25.3 Å². The van der Waals surface area contributed by atoms with Gasteiger partial charge in [-0.05, 0) is 52.3 Å². The number of nitrogens with one attached hydrogen (secondary N) is 1. The summed E-state index contributed by atoms with van der Waals surface area (Å²) < 4.78 is 1.83. The van der Waals surface area contributed by atoms with Gasteiger partial charge in [0.25, 0.3) is 5.56 Å². The smallest absolute Gasteiger partial charge is 0.252 e. The number of benzene rings is 2. The number of aromatic amines is 1. The van der Waals surface area contributed by atoms with Crippen molar-refractivity contribution in [3.63, 3.8) is 0 Å². The molecule has 4 aromatic rings. The molecular formula is C26H32N6O2. The molecule has 0 fully saturated rings. The van der Waals surface area contributed by atoms with Crippen LogP contribution in [0.1, 0.15) is 48.8 Å². The zero-order chi connectivity index (χ0) is 24.1. The molecule has 2 aromatic heterocycles. The van der Waals surface area contributed by atoms with Crippen molar-refractivity contribution in [1.82, 2.24) is 30.1 Å². The van der Waals surface area contributed by atoms with Crippen LogP contribution in [0, 0.1) is 12.8 Å². The summed E-state index contributed by atoms with van der Waals surface area (Å²) in [5, 5.41) is 23.2. The molecule has 0 bridgehead atoms. The van der Waals surface area contributed by atoms with Gasteiger partial charge in [0.2, 0.25) is 0 Å². The van der Waals surface area contributed by atoms with Crippen LogP contribution in [0.3, 0.4) is 0 Å². The Bertz CT molecular complexity index is 1280. The molecule has 0 radical (unpaired) electrons. The van der Waals surface area contributed by atoms with Gasteiger partial charge in [-0.3, -0.25) is 9.69 Å². The molecule has 2 N–H and O–H groups in total. The lowest BCUT2D eigenvalue weighted by atomic mass is 10.00. The Labute approximate surface area is 199 Å². The molecule has 4 rings (SSSR count). The molecule has 0 unspecified atom stereocenters. The summed E-state index contributed by atoms with van der Waals surface area (Å²) in [5.74, 6) is 0.936.